The molecule has 0 spiro atoms. The molecule has 0 amide bonds. The van der Waals surface area contributed by atoms with Crippen LogP contribution in [0.4, 0.5) is 0 Å². The van der Waals surface area contributed by atoms with Crippen LogP contribution in [0.3, 0.4) is 0 Å². The van der Waals surface area contributed by atoms with Gasteiger partial charge in [0.25, 0.3) is 5.56 Å². The van der Waals surface area contributed by atoms with Crippen LogP contribution in [-0.2, 0) is 17.6 Å². The highest BCUT2D eigenvalue weighted by molar-refractivity contribution is 7.18. The van der Waals surface area contributed by atoms with E-state index in [9.17, 15) is 4.79 Å². The molecule has 2 aromatic rings. The molecule has 1 aliphatic heterocycles. The van der Waals surface area contributed by atoms with E-state index >= 15 is 0 Å². The zero-order valence-corrected chi connectivity index (χ0v) is 15.0. The Balaban J connectivity index is 2.08. The van der Waals surface area contributed by atoms with Crippen LogP contribution in [0.5, 0.6) is 0 Å². The van der Waals surface area contributed by atoms with Crippen molar-refractivity contribution in [2.75, 3.05) is 33.9 Å². The highest BCUT2D eigenvalue weighted by Gasteiger charge is 2.23. The maximum atomic E-state index is 13.1. The van der Waals surface area contributed by atoms with E-state index in [1.807, 2.05) is 10.6 Å². The zero-order valence-electron chi connectivity index (χ0n) is 14.2. The zero-order chi connectivity index (χ0) is 16.4. The molecule has 1 aliphatic rings. The normalized spacial score (nSPS) is 17.2. The van der Waals surface area contributed by atoms with Crippen LogP contribution in [0.15, 0.2) is 10.9 Å². The molecule has 0 radical (unpaired) electrons. The average Bonchev–Trinajstić information content (AvgIpc) is 2.98. The van der Waals surface area contributed by atoms with Gasteiger partial charge in [-0.2, -0.15) is 0 Å². The van der Waals surface area contributed by atoms with Crippen molar-refractivity contribution in [1.82, 2.24) is 14.5 Å². The summed E-state index contributed by atoms with van der Waals surface area (Å²) in [4.78, 5) is 22.3. The molecule has 126 valence electrons. The molecule has 3 heterocycles. The van der Waals surface area contributed by atoms with Gasteiger partial charge >= 0.3 is 0 Å². The fraction of sp³-hybridized carbons (Fsp3) is 0.647. The van der Waals surface area contributed by atoms with E-state index in [0.29, 0.717) is 13.0 Å². The minimum absolute atomic E-state index is 0.131. The Hall–Kier alpha value is -1.24. The van der Waals surface area contributed by atoms with Gasteiger partial charge in [-0.15, -0.1) is 11.3 Å². The summed E-state index contributed by atoms with van der Waals surface area (Å²) in [6.45, 7) is 4.77. The van der Waals surface area contributed by atoms with Crippen LogP contribution >= 0.6 is 11.3 Å². The van der Waals surface area contributed by atoms with Gasteiger partial charge in [-0.3, -0.25) is 9.36 Å². The van der Waals surface area contributed by atoms with E-state index in [2.05, 4.69) is 18.9 Å². The highest BCUT2D eigenvalue weighted by atomic mass is 32.1. The second-order valence-electron chi connectivity index (χ2n) is 6.27. The lowest BCUT2D eigenvalue weighted by atomic mass is 10.0. The quantitative estimate of drug-likeness (QED) is 0.842. The van der Waals surface area contributed by atoms with Crippen molar-refractivity contribution in [2.24, 2.45) is 0 Å². The first-order valence-corrected chi connectivity index (χ1v) is 9.17. The molecule has 3 rings (SSSR count). The minimum Gasteiger partial charge on any atom is -0.384 e. The van der Waals surface area contributed by atoms with Gasteiger partial charge < -0.3 is 9.64 Å². The van der Waals surface area contributed by atoms with Gasteiger partial charge in [0, 0.05) is 24.4 Å². The summed E-state index contributed by atoms with van der Waals surface area (Å²) in [6, 6.07) is 2.29. The topological polar surface area (TPSA) is 47.4 Å². The molecule has 23 heavy (non-hydrogen) atoms. The number of thiophene rings is 1. The van der Waals surface area contributed by atoms with Crippen molar-refractivity contribution in [3.05, 3.63) is 27.1 Å². The Kier molecular flexibility index (Phi) is 5.14. The minimum atomic E-state index is 0.131. The first-order valence-electron chi connectivity index (χ1n) is 8.35. The molecule has 0 unspecified atom stereocenters. The van der Waals surface area contributed by atoms with E-state index in [4.69, 9.17) is 9.72 Å². The van der Waals surface area contributed by atoms with Crippen LogP contribution in [0, 0.1) is 0 Å². The standard InChI is InChI=1S/C17H25N3O2S/c1-4-13-11-14-16(23-13)18-15(7-10-22-3)20(17(14)21)12-5-8-19(2)9-6-12/h11-12H,4-10H2,1-3H3. The first kappa shape index (κ1) is 16.6. The van der Waals surface area contributed by atoms with Gasteiger partial charge in [-0.05, 0) is 45.5 Å². The third kappa shape index (κ3) is 3.34. The molecule has 6 heteroatoms. The summed E-state index contributed by atoms with van der Waals surface area (Å²) < 4.78 is 7.18. The van der Waals surface area contributed by atoms with Crippen molar-refractivity contribution >= 4 is 21.6 Å². The van der Waals surface area contributed by atoms with Crippen LogP contribution in [0.1, 0.15) is 36.5 Å². The molecular formula is C17H25N3O2S. The van der Waals surface area contributed by atoms with Crippen LogP contribution in [0.2, 0.25) is 0 Å². The second kappa shape index (κ2) is 7.11. The number of ether oxygens (including phenoxy) is 1. The Bertz CT molecular complexity index is 729. The lowest BCUT2D eigenvalue weighted by molar-refractivity contribution is 0.191. The molecule has 0 aromatic carbocycles. The van der Waals surface area contributed by atoms with Gasteiger partial charge in [-0.1, -0.05) is 6.92 Å². The maximum absolute atomic E-state index is 13.1. The molecule has 0 aliphatic carbocycles. The number of hydrogen-bond acceptors (Lipinski definition) is 5. The van der Waals surface area contributed by atoms with Gasteiger partial charge in [0.2, 0.25) is 0 Å². The van der Waals surface area contributed by atoms with Crippen molar-refractivity contribution in [1.29, 1.82) is 0 Å². The van der Waals surface area contributed by atoms with Crippen molar-refractivity contribution in [3.8, 4) is 0 Å². The van der Waals surface area contributed by atoms with Crippen LogP contribution < -0.4 is 5.56 Å². The molecule has 1 saturated heterocycles. The first-order chi connectivity index (χ1) is 11.1. The Morgan fingerprint density at radius 1 is 1.39 bits per heavy atom. The number of rotatable bonds is 5. The summed E-state index contributed by atoms with van der Waals surface area (Å²) in [5, 5.41) is 0.784. The summed E-state index contributed by atoms with van der Waals surface area (Å²) in [6.07, 6.45) is 3.65. The fourth-order valence-corrected chi connectivity index (χ4v) is 4.24. The predicted octanol–water partition coefficient (Wildman–Crippen LogP) is 2.48. The average molecular weight is 335 g/mol. The molecule has 0 saturated carbocycles. The maximum Gasteiger partial charge on any atom is 0.262 e. The summed E-state index contributed by atoms with van der Waals surface area (Å²) in [5.74, 6) is 0.878. The lowest BCUT2D eigenvalue weighted by Gasteiger charge is -2.31. The number of aromatic nitrogens is 2. The molecule has 0 atom stereocenters. The molecule has 2 aromatic heterocycles. The predicted molar refractivity (Wildman–Crippen MR) is 94.6 cm³/mol. The van der Waals surface area contributed by atoms with Crippen molar-refractivity contribution in [2.45, 2.75) is 38.6 Å². The number of fused-ring (bicyclic) bond motifs is 1. The molecule has 5 nitrogen and oxygen atoms in total. The van der Waals surface area contributed by atoms with Gasteiger partial charge in [0.15, 0.2) is 0 Å². The SMILES string of the molecule is CCc1cc2c(=O)n(C3CCN(C)CC3)c(CCOC)nc2s1. The lowest BCUT2D eigenvalue weighted by Crippen LogP contribution is -2.37. The number of hydrogen-bond donors (Lipinski definition) is 0. The summed E-state index contributed by atoms with van der Waals surface area (Å²) >= 11 is 1.64. The molecular weight excluding hydrogens is 310 g/mol. The van der Waals surface area contributed by atoms with Gasteiger partial charge in [0.1, 0.15) is 10.7 Å². The Labute approximate surface area is 140 Å². The number of aryl methyl sites for hydroxylation is 1. The fourth-order valence-electron chi connectivity index (χ4n) is 3.26. The molecule has 0 bridgehead atoms. The van der Waals surface area contributed by atoms with E-state index in [1.54, 1.807) is 18.4 Å². The highest BCUT2D eigenvalue weighted by Crippen LogP contribution is 2.26. The number of likely N-dealkylation sites (tertiary alicyclic amines) is 1. The van der Waals surface area contributed by atoms with E-state index in [1.165, 1.54) is 4.88 Å². The van der Waals surface area contributed by atoms with Gasteiger partial charge in [0.05, 0.1) is 12.0 Å². The molecule has 1 fully saturated rings. The van der Waals surface area contributed by atoms with Crippen molar-refractivity contribution < 1.29 is 4.74 Å². The molecule has 0 N–H and O–H groups in total. The number of methoxy groups -OCH3 is 1. The second-order valence-corrected chi connectivity index (χ2v) is 7.38. The van der Waals surface area contributed by atoms with E-state index in [0.717, 1.165) is 48.4 Å². The summed E-state index contributed by atoms with van der Waals surface area (Å²) in [5.41, 5.74) is 0.131. The largest absolute Gasteiger partial charge is 0.384 e. The number of piperidine rings is 1. The third-order valence-corrected chi connectivity index (χ3v) is 5.83. The third-order valence-electron chi connectivity index (χ3n) is 4.65. The van der Waals surface area contributed by atoms with Crippen molar-refractivity contribution in [3.63, 3.8) is 0 Å². The Morgan fingerprint density at radius 3 is 2.78 bits per heavy atom. The van der Waals surface area contributed by atoms with Gasteiger partial charge in [-0.25, -0.2) is 4.98 Å². The monoisotopic (exact) mass is 335 g/mol. The van der Waals surface area contributed by atoms with E-state index in [-0.39, 0.29) is 11.6 Å². The van der Waals surface area contributed by atoms with Crippen LogP contribution in [-0.4, -0.2) is 48.3 Å². The number of nitrogens with zero attached hydrogens (tertiary/aromatic N) is 3. The summed E-state index contributed by atoms with van der Waals surface area (Å²) in [7, 11) is 3.83. The Morgan fingerprint density at radius 2 is 2.13 bits per heavy atom. The van der Waals surface area contributed by atoms with E-state index < -0.39 is 0 Å². The smallest absolute Gasteiger partial charge is 0.262 e. The van der Waals surface area contributed by atoms with Crippen LogP contribution in [0.25, 0.3) is 10.2 Å².